The summed E-state index contributed by atoms with van der Waals surface area (Å²) in [5.41, 5.74) is 1.86. The van der Waals surface area contributed by atoms with Crippen molar-refractivity contribution in [2.75, 3.05) is 11.4 Å². The molecule has 0 saturated heterocycles. The van der Waals surface area contributed by atoms with Crippen LogP contribution in [0.3, 0.4) is 0 Å². The van der Waals surface area contributed by atoms with Gasteiger partial charge in [-0.25, -0.2) is 4.68 Å². The quantitative estimate of drug-likeness (QED) is 0.611. The van der Waals surface area contributed by atoms with Crippen LogP contribution in [0.4, 0.5) is 11.4 Å². The van der Waals surface area contributed by atoms with Crippen molar-refractivity contribution >= 4 is 34.6 Å². The van der Waals surface area contributed by atoms with Gasteiger partial charge in [-0.05, 0) is 0 Å². The van der Waals surface area contributed by atoms with Crippen molar-refractivity contribution < 1.29 is 4.92 Å². The van der Waals surface area contributed by atoms with Gasteiger partial charge in [0.05, 0.1) is 26.3 Å². The number of rotatable bonds is 2. The van der Waals surface area contributed by atoms with Gasteiger partial charge in [-0.15, -0.1) is 0 Å². The Hall–Kier alpha value is -2.12. The molecule has 1 aliphatic heterocycles. The topological polar surface area (TPSA) is 81.3 Å². The Labute approximate surface area is 141 Å². The minimum atomic E-state index is -0.541. The lowest BCUT2D eigenvalue weighted by atomic mass is 10.1. The van der Waals surface area contributed by atoms with Crippen molar-refractivity contribution in [1.82, 2.24) is 9.78 Å². The van der Waals surface area contributed by atoms with E-state index in [-0.39, 0.29) is 21.3 Å². The molecular weight excluding hydrogens is 343 g/mol. The number of anilines is 1. The summed E-state index contributed by atoms with van der Waals surface area (Å²) >= 11 is 12.4. The zero-order valence-electron chi connectivity index (χ0n) is 12.1. The Kier molecular flexibility index (Phi) is 3.99. The van der Waals surface area contributed by atoms with Crippen molar-refractivity contribution in [1.29, 1.82) is 0 Å². The third-order valence-corrected chi connectivity index (χ3v) is 4.34. The highest BCUT2D eigenvalue weighted by molar-refractivity contribution is 6.39. The third-order valence-electron chi connectivity index (χ3n) is 3.77. The third kappa shape index (κ3) is 2.89. The van der Waals surface area contributed by atoms with E-state index in [1.165, 1.54) is 16.8 Å². The van der Waals surface area contributed by atoms with Crippen LogP contribution in [0.1, 0.15) is 11.3 Å². The summed E-state index contributed by atoms with van der Waals surface area (Å²) in [4.78, 5) is 24.0. The molecule has 1 aromatic heterocycles. The number of aromatic nitrogens is 2. The SMILES string of the molecule is Cn1nc2c(cc1=O)CN(c1c(Cl)cc([N+](=O)[O-])cc1Cl)CC2. The Morgan fingerprint density at radius 3 is 2.52 bits per heavy atom. The van der Waals surface area contributed by atoms with Crippen LogP contribution in [0.15, 0.2) is 23.0 Å². The molecule has 1 aromatic carbocycles. The molecule has 9 heteroatoms. The molecule has 2 aromatic rings. The maximum atomic E-state index is 11.7. The molecule has 0 unspecified atom stereocenters. The normalized spacial score (nSPS) is 13.8. The van der Waals surface area contributed by atoms with Gasteiger partial charge in [-0.1, -0.05) is 23.2 Å². The van der Waals surface area contributed by atoms with Crippen molar-refractivity contribution in [2.45, 2.75) is 13.0 Å². The molecule has 3 rings (SSSR count). The van der Waals surface area contributed by atoms with E-state index in [2.05, 4.69) is 5.10 Å². The molecule has 0 radical (unpaired) electrons. The van der Waals surface area contributed by atoms with Gasteiger partial charge in [0.2, 0.25) is 0 Å². The van der Waals surface area contributed by atoms with Gasteiger partial charge in [-0.3, -0.25) is 14.9 Å². The number of fused-ring (bicyclic) bond motifs is 1. The second-order valence-electron chi connectivity index (χ2n) is 5.26. The van der Waals surface area contributed by atoms with Crippen LogP contribution in [-0.2, 0) is 20.0 Å². The second kappa shape index (κ2) is 5.82. The van der Waals surface area contributed by atoms with E-state index in [1.807, 2.05) is 4.90 Å². The number of nitro benzene ring substituents is 1. The molecule has 0 N–H and O–H groups in total. The molecule has 0 bridgehead atoms. The molecule has 2 heterocycles. The first-order valence-corrected chi connectivity index (χ1v) is 7.57. The highest BCUT2D eigenvalue weighted by Gasteiger charge is 2.24. The summed E-state index contributed by atoms with van der Waals surface area (Å²) in [6.07, 6.45) is 0.632. The number of hydrogen-bond donors (Lipinski definition) is 0. The number of nitro groups is 1. The van der Waals surface area contributed by atoms with Crippen LogP contribution in [-0.4, -0.2) is 21.2 Å². The van der Waals surface area contributed by atoms with Crippen LogP contribution in [0, 0.1) is 10.1 Å². The van der Waals surface area contributed by atoms with E-state index in [1.54, 1.807) is 13.1 Å². The molecule has 1 aliphatic rings. The van der Waals surface area contributed by atoms with Crippen LogP contribution < -0.4 is 10.5 Å². The van der Waals surface area contributed by atoms with E-state index in [0.717, 1.165) is 11.3 Å². The number of halogens is 2. The fraction of sp³-hybridized carbons (Fsp3) is 0.286. The lowest BCUT2D eigenvalue weighted by molar-refractivity contribution is -0.384. The molecule has 0 atom stereocenters. The Morgan fingerprint density at radius 1 is 1.26 bits per heavy atom. The molecule has 7 nitrogen and oxygen atoms in total. The Bertz CT molecular complexity index is 843. The largest absolute Gasteiger partial charge is 0.364 e. The zero-order chi connectivity index (χ0) is 16.7. The van der Waals surface area contributed by atoms with Gasteiger partial charge in [0, 0.05) is 50.3 Å². The lowest BCUT2D eigenvalue weighted by Crippen LogP contribution is -2.34. The predicted molar refractivity (Wildman–Crippen MR) is 87.3 cm³/mol. The van der Waals surface area contributed by atoms with Crippen molar-refractivity contribution in [3.8, 4) is 0 Å². The average Bonchev–Trinajstić information content (AvgIpc) is 2.47. The summed E-state index contributed by atoms with van der Waals surface area (Å²) in [7, 11) is 1.61. The van der Waals surface area contributed by atoms with Gasteiger partial charge >= 0.3 is 0 Å². The molecule has 23 heavy (non-hydrogen) atoms. The first-order chi connectivity index (χ1) is 10.9. The fourth-order valence-electron chi connectivity index (χ4n) is 2.64. The standard InChI is InChI=1S/C14H12Cl2N4O3/c1-18-13(21)4-8-7-19(3-2-12(8)17-18)14-10(15)5-9(20(22)23)6-11(14)16/h4-6H,2-3,7H2,1H3. The fourth-order valence-corrected chi connectivity index (χ4v) is 3.36. The number of nitrogens with zero attached hydrogens (tertiary/aromatic N) is 4. The van der Waals surface area contributed by atoms with Crippen LogP contribution in [0.25, 0.3) is 0 Å². The second-order valence-corrected chi connectivity index (χ2v) is 6.08. The van der Waals surface area contributed by atoms with Gasteiger partial charge in [0.25, 0.3) is 11.2 Å². The first-order valence-electron chi connectivity index (χ1n) is 6.81. The van der Waals surface area contributed by atoms with Crippen LogP contribution in [0.2, 0.25) is 10.0 Å². The number of hydrogen-bond acceptors (Lipinski definition) is 5. The van der Waals surface area contributed by atoms with Crippen molar-refractivity contribution in [3.05, 3.63) is 60.0 Å². The zero-order valence-corrected chi connectivity index (χ0v) is 13.6. The smallest absolute Gasteiger partial charge is 0.272 e. The van der Waals surface area contributed by atoms with E-state index in [0.29, 0.717) is 25.2 Å². The Balaban J connectivity index is 1.99. The summed E-state index contributed by atoms with van der Waals surface area (Å²) < 4.78 is 1.31. The summed E-state index contributed by atoms with van der Waals surface area (Å²) in [5.74, 6) is 0. The minimum Gasteiger partial charge on any atom is -0.364 e. The van der Waals surface area contributed by atoms with Crippen molar-refractivity contribution in [2.24, 2.45) is 7.05 Å². The molecule has 0 amide bonds. The van der Waals surface area contributed by atoms with E-state index in [9.17, 15) is 14.9 Å². The summed E-state index contributed by atoms with van der Waals surface area (Å²) in [6.45, 7) is 1.03. The summed E-state index contributed by atoms with van der Waals surface area (Å²) in [5, 5.41) is 15.5. The molecule has 0 saturated carbocycles. The minimum absolute atomic E-state index is 0.156. The molecule has 0 spiro atoms. The van der Waals surface area contributed by atoms with Gasteiger partial charge < -0.3 is 4.90 Å². The van der Waals surface area contributed by atoms with Crippen molar-refractivity contribution in [3.63, 3.8) is 0 Å². The molecule has 0 aliphatic carbocycles. The Morgan fingerprint density at radius 2 is 1.91 bits per heavy atom. The van der Waals surface area contributed by atoms with Gasteiger partial charge in [-0.2, -0.15) is 5.10 Å². The van der Waals surface area contributed by atoms with E-state index >= 15 is 0 Å². The number of benzene rings is 1. The maximum absolute atomic E-state index is 11.7. The van der Waals surface area contributed by atoms with Crippen LogP contribution >= 0.6 is 23.2 Å². The maximum Gasteiger partial charge on any atom is 0.272 e. The lowest BCUT2D eigenvalue weighted by Gasteiger charge is -2.31. The molecule has 0 fully saturated rings. The predicted octanol–water partition coefficient (Wildman–Crippen LogP) is 2.56. The average molecular weight is 355 g/mol. The van der Waals surface area contributed by atoms with E-state index in [4.69, 9.17) is 23.2 Å². The molecular formula is C14H12Cl2N4O3. The number of non-ortho nitro benzene ring substituents is 1. The van der Waals surface area contributed by atoms with Gasteiger partial charge in [0.15, 0.2) is 0 Å². The van der Waals surface area contributed by atoms with Gasteiger partial charge in [0.1, 0.15) is 0 Å². The highest BCUT2D eigenvalue weighted by atomic mass is 35.5. The highest BCUT2D eigenvalue weighted by Crippen LogP contribution is 2.39. The first kappa shape index (κ1) is 15.8. The van der Waals surface area contributed by atoms with E-state index < -0.39 is 4.92 Å². The number of aryl methyl sites for hydroxylation is 1. The summed E-state index contributed by atoms with van der Waals surface area (Å²) in [6, 6.07) is 4.10. The monoisotopic (exact) mass is 354 g/mol. The molecule has 120 valence electrons. The van der Waals surface area contributed by atoms with Crippen LogP contribution in [0.5, 0.6) is 0 Å².